The minimum Gasteiger partial charge on any atom is -0.354 e. The molecule has 0 bridgehead atoms. The molecule has 1 aliphatic carbocycles. The van der Waals surface area contributed by atoms with Crippen molar-refractivity contribution in [2.24, 2.45) is 5.92 Å². The fourth-order valence-electron chi connectivity index (χ4n) is 3.02. The van der Waals surface area contributed by atoms with Crippen molar-refractivity contribution >= 4 is 29.1 Å². The van der Waals surface area contributed by atoms with Crippen molar-refractivity contribution in [2.75, 3.05) is 0 Å². The van der Waals surface area contributed by atoms with E-state index in [1.165, 1.54) is 6.42 Å². The summed E-state index contributed by atoms with van der Waals surface area (Å²) in [6.45, 7) is 2.21. The molecule has 1 fully saturated rings. The lowest BCUT2D eigenvalue weighted by atomic mass is 9.87. The molecule has 4 nitrogen and oxygen atoms in total. The van der Waals surface area contributed by atoms with Crippen LogP contribution in [0.2, 0.25) is 10.0 Å². The number of benzene rings is 1. The van der Waals surface area contributed by atoms with Gasteiger partial charge in [-0.05, 0) is 43.0 Å². The van der Waals surface area contributed by atoms with E-state index in [-0.39, 0.29) is 22.7 Å². The van der Waals surface area contributed by atoms with Gasteiger partial charge in [0, 0.05) is 16.6 Å². The molecule has 0 radical (unpaired) electrons. The Morgan fingerprint density at radius 1 is 1.26 bits per heavy atom. The average Bonchev–Trinajstić information content (AvgIpc) is 2.90. The Labute approximate surface area is 145 Å². The van der Waals surface area contributed by atoms with Crippen molar-refractivity contribution in [3.8, 4) is 11.3 Å². The predicted molar refractivity (Wildman–Crippen MR) is 90.8 cm³/mol. The van der Waals surface area contributed by atoms with Crippen molar-refractivity contribution in [3.63, 3.8) is 0 Å². The van der Waals surface area contributed by atoms with E-state index in [0.717, 1.165) is 24.8 Å². The van der Waals surface area contributed by atoms with Gasteiger partial charge in [-0.2, -0.15) is 0 Å². The Balaban J connectivity index is 1.75. The predicted octanol–water partition coefficient (Wildman–Crippen LogP) is 4.96. The van der Waals surface area contributed by atoms with Gasteiger partial charge < -0.3 is 9.84 Å². The molecule has 0 aliphatic heterocycles. The van der Waals surface area contributed by atoms with Crippen LogP contribution in [-0.4, -0.2) is 17.1 Å². The number of halogens is 2. The molecule has 122 valence electrons. The number of amides is 1. The van der Waals surface area contributed by atoms with Crippen LogP contribution in [0.5, 0.6) is 0 Å². The summed E-state index contributed by atoms with van der Waals surface area (Å²) >= 11 is 12.2. The quantitative estimate of drug-likeness (QED) is 0.849. The van der Waals surface area contributed by atoms with Crippen LogP contribution in [0.3, 0.4) is 0 Å². The fourth-order valence-corrected chi connectivity index (χ4v) is 3.41. The summed E-state index contributed by atoms with van der Waals surface area (Å²) in [6, 6.07) is 7.20. The van der Waals surface area contributed by atoms with E-state index >= 15 is 0 Å². The summed E-state index contributed by atoms with van der Waals surface area (Å²) < 4.78 is 5.27. The molecule has 23 heavy (non-hydrogen) atoms. The van der Waals surface area contributed by atoms with Crippen molar-refractivity contribution in [1.82, 2.24) is 10.5 Å². The molecule has 1 amide bonds. The zero-order valence-electron chi connectivity index (χ0n) is 12.8. The third-order valence-corrected chi connectivity index (χ3v) is 4.83. The van der Waals surface area contributed by atoms with E-state index in [0.29, 0.717) is 16.7 Å². The molecule has 1 saturated carbocycles. The van der Waals surface area contributed by atoms with Crippen molar-refractivity contribution in [2.45, 2.75) is 38.6 Å². The van der Waals surface area contributed by atoms with Gasteiger partial charge in [-0.25, -0.2) is 0 Å². The van der Waals surface area contributed by atoms with Crippen molar-refractivity contribution in [1.29, 1.82) is 0 Å². The summed E-state index contributed by atoms with van der Waals surface area (Å²) in [5.74, 6) is 0.731. The number of hydrogen-bond donors (Lipinski definition) is 1. The van der Waals surface area contributed by atoms with Crippen LogP contribution in [0.4, 0.5) is 0 Å². The van der Waals surface area contributed by atoms with Gasteiger partial charge in [0.2, 0.25) is 0 Å². The minimum atomic E-state index is -0.280. The summed E-state index contributed by atoms with van der Waals surface area (Å²) in [6.07, 6.45) is 4.34. The summed E-state index contributed by atoms with van der Waals surface area (Å²) in [5.41, 5.74) is 0.868. The van der Waals surface area contributed by atoms with Gasteiger partial charge >= 0.3 is 0 Å². The topological polar surface area (TPSA) is 55.1 Å². The molecule has 1 aromatic heterocycles. The maximum atomic E-state index is 12.4. The number of rotatable bonds is 3. The summed E-state index contributed by atoms with van der Waals surface area (Å²) in [5, 5.41) is 7.71. The molecule has 2 unspecified atom stereocenters. The molecule has 2 atom stereocenters. The molecule has 3 rings (SSSR count). The van der Waals surface area contributed by atoms with Crippen LogP contribution in [-0.2, 0) is 0 Å². The second-order valence-corrected chi connectivity index (χ2v) is 6.94. The zero-order valence-corrected chi connectivity index (χ0v) is 14.3. The normalized spacial score (nSPS) is 21.2. The lowest BCUT2D eigenvalue weighted by Crippen LogP contribution is -2.38. The number of hydrogen-bond acceptors (Lipinski definition) is 3. The van der Waals surface area contributed by atoms with Gasteiger partial charge in [-0.1, -0.05) is 48.1 Å². The van der Waals surface area contributed by atoms with Crippen LogP contribution in [0.25, 0.3) is 11.3 Å². The third kappa shape index (κ3) is 3.70. The molecular weight excluding hydrogens is 335 g/mol. The SMILES string of the molecule is CC1CCCC(NC(=O)c2noc(-c3ccc(Cl)cc3)c2Cl)C1. The van der Waals surface area contributed by atoms with Gasteiger partial charge in [0.1, 0.15) is 5.02 Å². The highest BCUT2D eigenvalue weighted by molar-refractivity contribution is 6.35. The van der Waals surface area contributed by atoms with Gasteiger partial charge in [0.15, 0.2) is 11.5 Å². The highest BCUT2D eigenvalue weighted by atomic mass is 35.5. The first-order valence-corrected chi connectivity index (χ1v) is 8.52. The Kier molecular flexibility index (Phi) is 4.93. The lowest BCUT2D eigenvalue weighted by Gasteiger charge is -2.27. The monoisotopic (exact) mass is 352 g/mol. The number of carbonyl (C=O) groups is 1. The Morgan fingerprint density at radius 2 is 2.00 bits per heavy atom. The van der Waals surface area contributed by atoms with E-state index in [2.05, 4.69) is 17.4 Å². The van der Waals surface area contributed by atoms with Crippen LogP contribution in [0, 0.1) is 5.92 Å². The largest absolute Gasteiger partial charge is 0.354 e. The highest BCUT2D eigenvalue weighted by Gasteiger charge is 2.25. The summed E-state index contributed by atoms with van der Waals surface area (Å²) in [4.78, 5) is 12.4. The Bertz CT molecular complexity index is 697. The van der Waals surface area contributed by atoms with Gasteiger partial charge in [0.25, 0.3) is 5.91 Å². The fraction of sp³-hybridized carbons (Fsp3) is 0.412. The van der Waals surface area contributed by atoms with Crippen LogP contribution in [0.1, 0.15) is 43.1 Å². The van der Waals surface area contributed by atoms with Gasteiger partial charge in [-0.3, -0.25) is 4.79 Å². The van der Waals surface area contributed by atoms with Crippen LogP contribution < -0.4 is 5.32 Å². The first kappa shape index (κ1) is 16.3. The lowest BCUT2D eigenvalue weighted by molar-refractivity contribution is 0.0912. The molecule has 1 heterocycles. The second kappa shape index (κ2) is 6.93. The van der Waals surface area contributed by atoms with E-state index in [1.54, 1.807) is 24.3 Å². The average molecular weight is 353 g/mol. The number of nitrogens with one attached hydrogen (secondary N) is 1. The molecule has 1 N–H and O–H groups in total. The van der Waals surface area contributed by atoms with E-state index in [1.807, 2.05) is 0 Å². The number of nitrogens with zero attached hydrogens (tertiary/aromatic N) is 1. The first-order valence-electron chi connectivity index (χ1n) is 7.76. The smallest absolute Gasteiger partial charge is 0.275 e. The van der Waals surface area contributed by atoms with E-state index in [9.17, 15) is 4.79 Å². The first-order chi connectivity index (χ1) is 11.0. The minimum absolute atomic E-state index is 0.134. The van der Waals surface area contributed by atoms with Gasteiger partial charge in [0.05, 0.1) is 0 Å². The molecule has 6 heteroatoms. The molecule has 0 spiro atoms. The molecule has 2 aromatic rings. The van der Waals surface area contributed by atoms with Crippen molar-refractivity contribution < 1.29 is 9.32 Å². The van der Waals surface area contributed by atoms with Crippen molar-refractivity contribution in [3.05, 3.63) is 40.0 Å². The van der Waals surface area contributed by atoms with E-state index in [4.69, 9.17) is 27.7 Å². The molecule has 0 saturated heterocycles. The van der Waals surface area contributed by atoms with E-state index < -0.39 is 0 Å². The maximum absolute atomic E-state index is 12.4. The standard InChI is InChI=1S/C17H18Cl2N2O2/c1-10-3-2-4-13(9-10)20-17(22)15-14(19)16(23-21-15)11-5-7-12(18)8-6-11/h5-8,10,13H,2-4,9H2,1H3,(H,20,22). The van der Waals surface area contributed by atoms with Gasteiger partial charge in [-0.15, -0.1) is 0 Å². The third-order valence-electron chi connectivity index (χ3n) is 4.23. The van der Waals surface area contributed by atoms with Crippen LogP contribution in [0.15, 0.2) is 28.8 Å². The number of aromatic nitrogens is 1. The van der Waals surface area contributed by atoms with Crippen LogP contribution >= 0.6 is 23.2 Å². The Morgan fingerprint density at radius 3 is 2.70 bits per heavy atom. The molecular formula is C17H18Cl2N2O2. The summed E-state index contributed by atoms with van der Waals surface area (Å²) in [7, 11) is 0. The second-order valence-electron chi connectivity index (χ2n) is 6.12. The highest BCUT2D eigenvalue weighted by Crippen LogP contribution is 2.32. The number of carbonyl (C=O) groups excluding carboxylic acids is 1. The molecule has 1 aromatic carbocycles. The Hall–Kier alpha value is -1.52. The zero-order chi connectivity index (χ0) is 16.4. The molecule has 1 aliphatic rings. The maximum Gasteiger partial charge on any atom is 0.275 e.